The van der Waals surface area contributed by atoms with E-state index in [0.717, 1.165) is 0 Å². The lowest BCUT2D eigenvalue weighted by Gasteiger charge is -2.31. The Bertz CT molecular complexity index is 1040. The van der Waals surface area contributed by atoms with Gasteiger partial charge in [-0.1, -0.05) is 0 Å². The Labute approximate surface area is 171 Å². The van der Waals surface area contributed by atoms with E-state index >= 15 is 0 Å². The first-order valence-corrected chi connectivity index (χ1v) is 11.5. The minimum atomic E-state index is -4.87. The number of ether oxygens (including phenoxy) is 1. The van der Waals surface area contributed by atoms with E-state index in [2.05, 4.69) is 10.1 Å². The number of aromatic nitrogens is 4. The monoisotopic (exact) mass is 448 g/mol. The fourth-order valence-corrected chi connectivity index (χ4v) is 5.52. The van der Waals surface area contributed by atoms with Crippen LogP contribution in [0, 0.1) is 5.92 Å². The largest absolute Gasteiger partial charge is 0.476 e. The van der Waals surface area contributed by atoms with Gasteiger partial charge >= 0.3 is 6.18 Å². The average Bonchev–Trinajstić information content (AvgIpc) is 3.24. The molecule has 12 heteroatoms. The van der Waals surface area contributed by atoms with E-state index < -0.39 is 33.5 Å². The van der Waals surface area contributed by atoms with Crippen molar-refractivity contribution in [2.24, 2.45) is 5.92 Å². The average molecular weight is 448 g/mol. The molecule has 8 nitrogen and oxygen atoms in total. The highest BCUT2D eigenvalue weighted by Crippen LogP contribution is 2.42. The molecular formula is C18H23F3N4O4S. The number of alkyl halides is 3. The zero-order valence-electron chi connectivity index (χ0n) is 16.6. The zero-order chi connectivity index (χ0) is 21.9. The van der Waals surface area contributed by atoms with Crippen molar-refractivity contribution in [3.05, 3.63) is 18.1 Å². The molecule has 0 amide bonds. The highest BCUT2D eigenvalue weighted by molar-refractivity contribution is 7.91. The maximum absolute atomic E-state index is 13.3. The van der Waals surface area contributed by atoms with Crippen molar-refractivity contribution in [2.45, 2.75) is 51.1 Å². The third kappa shape index (κ3) is 3.59. The van der Waals surface area contributed by atoms with Crippen LogP contribution >= 0.6 is 0 Å². The van der Waals surface area contributed by atoms with Crippen LogP contribution in [0.25, 0.3) is 11.4 Å². The first kappa shape index (κ1) is 21.2. The van der Waals surface area contributed by atoms with Gasteiger partial charge in [0.05, 0.1) is 48.3 Å². The molecular weight excluding hydrogens is 425 g/mol. The van der Waals surface area contributed by atoms with E-state index in [4.69, 9.17) is 4.74 Å². The molecule has 2 aliphatic heterocycles. The minimum Gasteiger partial charge on any atom is -0.476 e. The lowest BCUT2D eigenvalue weighted by molar-refractivity contribution is -0.262. The number of rotatable bonds is 4. The Morgan fingerprint density at radius 2 is 1.93 bits per heavy atom. The zero-order valence-corrected chi connectivity index (χ0v) is 17.4. The summed E-state index contributed by atoms with van der Waals surface area (Å²) in [6.45, 7) is 3.05. The summed E-state index contributed by atoms with van der Waals surface area (Å²) < 4.78 is 71.9. The molecule has 1 N–H and O–H groups in total. The van der Waals surface area contributed by atoms with Gasteiger partial charge in [-0.05, 0) is 32.6 Å². The summed E-state index contributed by atoms with van der Waals surface area (Å²) in [5.41, 5.74) is -2.12. The predicted octanol–water partition coefficient (Wildman–Crippen LogP) is 2.29. The molecule has 0 radical (unpaired) electrons. The molecule has 2 aliphatic rings. The van der Waals surface area contributed by atoms with E-state index in [1.54, 1.807) is 17.7 Å². The maximum Gasteiger partial charge on any atom is 0.424 e. The lowest BCUT2D eigenvalue weighted by atomic mass is 10.0. The molecule has 2 aromatic heterocycles. The number of sulfone groups is 1. The molecule has 4 rings (SSSR count). The molecule has 0 bridgehead atoms. The smallest absolute Gasteiger partial charge is 0.424 e. The van der Waals surface area contributed by atoms with Gasteiger partial charge in [-0.15, -0.1) is 5.10 Å². The van der Waals surface area contributed by atoms with Gasteiger partial charge in [0.2, 0.25) is 11.5 Å². The van der Waals surface area contributed by atoms with Crippen LogP contribution in [0.4, 0.5) is 13.2 Å². The Morgan fingerprint density at radius 3 is 2.57 bits per heavy atom. The second-order valence-corrected chi connectivity index (χ2v) is 10.5. The van der Waals surface area contributed by atoms with Gasteiger partial charge in [0, 0.05) is 6.07 Å². The number of nitrogens with zero attached hydrogens (tertiary/aromatic N) is 4. The van der Waals surface area contributed by atoms with E-state index in [0.29, 0.717) is 50.2 Å². The van der Waals surface area contributed by atoms with Gasteiger partial charge in [-0.2, -0.15) is 13.2 Å². The fraction of sp³-hybridized carbons (Fsp3) is 0.667. The Hall–Kier alpha value is -2.08. The molecule has 2 atom stereocenters. The number of hydrogen-bond acceptors (Lipinski definition) is 6. The molecule has 166 valence electrons. The summed E-state index contributed by atoms with van der Waals surface area (Å²) in [6.07, 6.45) is -2.49. The summed E-state index contributed by atoms with van der Waals surface area (Å²) in [5, 5.41) is 14.5. The van der Waals surface area contributed by atoms with Crippen LogP contribution in [-0.4, -0.2) is 57.1 Å². The SMILES string of the molecule is C[C@H]1Cn2nc(OCC3CCS(=O)(=O)CC3)cc2-c2cnc([C@@](C)(O)C(F)(F)F)n21. The number of hydrogen-bond donors (Lipinski definition) is 1. The second-order valence-electron chi connectivity index (χ2n) is 8.21. The number of imidazole rings is 1. The minimum absolute atomic E-state index is 0.116. The molecule has 30 heavy (non-hydrogen) atoms. The predicted molar refractivity (Wildman–Crippen MR) is 101 cm³/mol. The van der Waals surface area contributed by atoms with Gasteiger partial charge < -0.3 is 14.4 Å². The maximum atomic E-state index is 13.3. The Morgan fingerprint density at radius 1 is 1.27 bits per heavy atom. The highest BCUT2D eigenvalue weighted by atomic mass is 32.2. The Kier molecular flexibility index (Phi) is 4.92. The first-order valence-electron chi connectivity index (χ1n) is 9.67. The van der Waals surface area contributed by atoms with Crippen molar-refractivity contribution in [1.82, 2.24) is 19.3 Å². The van der Waals surface area contributed by atoms with Crippen molar-refractivity contribution in [2.75, 3.05) is 18.1 Å². The summed E-state index contributed by atoms with van der Waals surface area (Å²) in [7, 11) is -2.95. The van der Waals surface area contributed by atoms with E-state index in [9.17, 15) is 26.7 Å². The van der Waals surface area contributed by atoms with Crippen LogP contribution < -0.4 is 4.74 Å². The van der Waals surface area contributed by atoms with Crippen molar-refractivity contribution >= 4 is 9.84 Å². The normalized spacial score (nSPS) is 23.5. The molecule has 4 heterocycles. The van der Waals surface area contributed by atoms with Gasteiger partial charge in [-0.25, -0.2) is 13.4 Å². The third-order valence-electron chi connectivity index (χ3n) is 5.82. The fourth-order valence-electron chi connectivity index (χ4n) is 3.93. The quantitative estimate of drug-likeness (QED) is 0.771. The van der Waals surface area contributed by atoms with E-state index in [1.807, 2.05) is 0 Å². The van der Waals surface area contributed by atoms with Gasteiger partial charge in [0.1, 0.15) is 9.84 Å². The highest BCUT2D eigenvalue weighted by Gasteiger charge is 2.55. The van der Waals surface area contributed by atoms with Crippen LogP contribution in [0.5, 0.6) is 5.88 Å². The van der Waals surface area contributed by atoms with Crippen molar-refractivity contribution < 1.29 is 31.4 Å². The molecule has 0 aromatic carbocycles. The molecule has 1 fully saturated rings. The van der Waals surface area contributed by atoms with Crippen LogP contribution in [0.2, 0.25) is 0 Å². The van der Waals surface area contributed by atoms with Crippen molar-refractivity contribution in [1.29, 1.82) is 0 Å². The van der Waals surface area contributed by atoms with Crippen molar-refractivity contribution in [3.63, 3.8) is 0 Å². The van der Waals surface area contributed by atoms with Crippen LogP contribution in [0.1, 0.15) is 38.6 Å². The molecule has 2 aromatic rings. The van der Waals surface area contributed by atoms with Crippen molar-refractivity contribution in [3.8, 4) is 17.3 Å². The molecule has 0 spiro atoms. The number of halogens is 3. The topological polar surface area (TPSA) is 99.2 Å². The first-order chi connectivity index (χ1) is 13.9. The summed E-state index contributed by atoms with van der Waals surface area (Å²) in [6, 6.07) is 1.22. The molecule has 0 unspecified atom stereocenters. The Balaban J connectivity index is 1.56. The molecule has 1 saturated heterocycles. The van der Waals surface area contributed by atoms with Gasteiger partial charge in [-0.3, -0.25) is 4.68 Å². The van der Waals surface area contributed by atoms with Gasteiger partial charge in [0.15, 0.2) is 5.82 Å². The lowest BCUT2D eigenvalue weighted by Crippen LogP contribution is -2.42. The van der Waals surface area contributed by atoms with Crippen LogP contribution in [-0.2, 0) is 22.0 Å². The molecule has 0 aliphatic carbocycles. The summed E-state index contributed by atoms with van der Waals surface area (Å²) in [4.78, 5) is 3.88. The number of aliphatic hydroxyl groups is 1. The van der Waals surface area contributed by atoms with E-state index in [1.165, 1.54) is 10.8 Å². The summed E-state index contributed by atoms with van der Waals surface area (Å²) in [5.74, 6) is 0.281. The number of fused-ring (bicyclic) bond motifs is 3. The van der Waals surface area contributed by atoms with Crippen LogP contribution in [0.15, 0.2) is 12.3 Å². The van der Waals surface area contributed by atoms with E-state index in [-0.39, 0.29) is 17.4 Å². The van der Waals surface area contributed by atoms with Crippen LogP contribution in [0.3, 0.4) is 0 Å². The standard InChI is InChI=1S/C18H23F3N4O4S/c1-11-9-24-13(14-8-22-16(25(11)14)17(2,26)18(19,20)21)7-15(23-24)29-10-12-3-5-30(27,28)6-4-12/h7-8,11-12,26H,3-6,9-10H2,1-2H3/t11-,17+/m0/s1. The third-order valence-corrected chi connectivity index (χ3v) is 7.54. The molecule has 0 saturated carbocycles. The summed E-state index contributed by atoms with van der Waals surface area (Å²) >= 11 is 0. The van der Waals surface area contributed by atoms with Gasteiger partial charge in [0.25, 0.3) is 0 Å². The second kappa shape index (κ2) is 6.98.